The number of hydrogen-bond acceptors (Lipinski definition) is 7. The minimum Gasteiger partial charge on any atom is -0.378 e. The van der Waals surface area contributed by atoms with Gasteiger partial charge in [-0.25, -0.2) is 14.4 Å². The zero-order valence-electron chi connectivity index (χ0n) is 14.4. The van der Waals surface area contributed by atoms with Crippen molar-refractivity contribution in [3.05, 3.63) is 65.0 Å². The molecule has 0 saturated carbocycles. The molecule has 0 saturated heterocycles. The molecule has 1 amide bonds. The van der Waals surface area contributed by atoms with Crippen molar-refractivity contribution in [2.75, 3.05) is 23.7 Å². The summed E-state index contributed by atoms with van der Waals surface area (Å²) in [5.41, 5.74) is 5.99. The highest BCUT2D eigenvalue weighted by molar-refractivity contribution is 7.15. The van der Waals surface area contributed by atoms with E-state index in [9.17, 15) is 9.18 Å². The van der Waals surface area contributed by atoms with Crippen LogP contribution in [0.4, 0.5) is 21.0 Å². The molecule has 2 aromatic heterocycles. The van der Waals surface area contributed by atoms with E-state index < -0.39 is 5.82 Å². The Kier molecular flexibility index (Phi) is 6.29. The summed E-state index contributed by atoms with van der Waals surface area (Å²) in [5.74, 6) is -0.0153. The van der Waals surface area contributed by atoms with E-state index in [-0.39, 0.29) is 11.6 Å². The monoisotopic (exact) mass is 386 g/mol. The molecule has 0 spiro atoms. The van der Waals surface area contributed by atoms with Crippen molar-refractivity contribution in [3.63, 3.8) is 0 Å². The average Bonchev–Trinajstić information content (AvgIpc) is 3.13. The van der Waals surface area contributed by atoms with Crippen LogP contribution in [-0.4, -0.2) is 29.0 Å². The Morgan fingerprint density at radius 2 is 2.11 bits per heavy atom. The van der Waals surface area contributed by atoms with Gasteiger partial charge in [-0.15, -0.1) is 0 Å². The highest BCUT2D eigenvalue weighted by Crippen LogP contribution is 2.23. The van der Waals surface area contributed by atoms with Crippen molar-refractivity contribution in [2.24, 2.45) is 5.73 Å². The SMILES string of the molecule is NCCNC(=O)c1ccc(F)c(NCc2cnc(Nc3ccccn3)s2)c1. The summed E-state index contributed by atoms with van der Waals surface area (Å²) >= 11 is 1.43. The van der Waals surface area contributed by atoms with E-state index >= 15 is 0 Å². The number of pyridine rings is 1. The van der Waals surface area contributed by atoms with Crippen molar-refractivity contribution in [1.29, 1.82) is 0 Å². The highest BCUT2D eigenvalue weighted by atomic mass is 32.1. The van der Waals surface area contributed by atoms with Crippen molar-refractivity contribution in [2.45, 2.75) is 6.54 Å². The first kappa shape index (κ1) is 18.7. The summed E-state index contributed by atoms with van der Waals surface area (Å²) < 4.78 is 14.0. The van der Waals surface area contributed by atoms with Crippen LogP contribution in [0.3, 0.4) is 0 Å². The van der Waals surface area contributed by atoms with Crippen LogP contribution >= 0.6 is 11.3 Å². The summed E-state index contributed by atoms with van der Waals surface area (Å²) in [5, 5.41) is 9.47. The van der Waals surface area contributed by atoms with E-state index in [1.54, 1.807) is 12.4 Å². The molecule has 0 radical (unpaired) electrons. The second kappa shape index (κ2) is 9.06. The zero-order valence-corrected chi connectivity index (χ0v) is 15.2. The largest absolute Gasteiger partial charge is 0.378 e. The van der Waals surface area contributed by atoms with Gasteiger partial charge in [0.2, 0.25) is 0 Å². The number of carbonyl (C=O) groups excluding carboxylic acids is 1. The van der Waals surface area contributed by atoms with Crippen LogP contribution in [0, 0.1) is 5.82 Å². The average molecular weight is 386 g/mol. The lowest BCUT2D eigenvalue weighted by Crippen LogP contribution is -2.29. The van der Waals surface area contributed by atoms with Crippen LogP contribution in [0.2, 0.25) is 0 Å². The van der Waals surface area contributed by atoms with E-state index in [1.807, 2.05) is 18.2 Å². The number of carbonyl (C=O) groups is 1. The number of thiazole rings is 1. The Balaban J connectivity index is 1.62. The summed E-state index contributed by atoms with van der Waals surface area (Å²) in [6.45, 7) is 1.09. The fourth-order valence-electron chi connectivity index (χ4n) is 2.27. The van der Waals surface area contributed by atoms with E-state index in [0.717, 1.165) is 4.88 Å². The Bertz CT molecular complexity index is 902. The van der Waals surface area contributed by atoms with Crippen molar-refractivity contribution < 1.29 is 9.18 Å². The molecule has 2 heterocycles. The topological polar surface area (TPSA) is 105 Å². The second-order valence-corrected chi connectivity index (χ2v) is 6.68. The molecule has 0 aliphatic heterocycles. The van der Waals surface area contributed by atoms with Gasteiger partial charge >= 0.3 is 0 Å². The quantitative estimate of drug-likeness (QED) is 0.474. The van der Waals surface area contributed by atoms with E-state index in [2.05, 4.69) is 25.9 Å². The number of nitrogens with zero attached hydrogens (tertiary/aromatic N) is 2. The Hall–Kier alpha value is -3.04. The molecule has 0 aliphatic rings. The number of amides is 1. The molecule has 3 rings (SSSR count). The van der Waals surface area contributed by atoms with Crippen molar-refractivity contribution >= 4 is 33.9 Å². The second-order valence-electron chi connectivity index (χ2n) is 5.56. The van der Waals surface area contributed by atoms with Crippen LogP contribution in [-0.2, 0) is 6.54 Å². The third kappa shape index (κ3) is 5.22. The number of aromatic nitrogens is 2. The van der Waals surface area contributed by atoms with E-state index in [1.165, 1.54) is 29.5 Å². The smallest absolute Gasteiger partial charge is 0.251 e. The van der Waals surface area contributed by atoms with Gasteiger partial charge in [0.15, 0.2) is 5.13 Å². The molecule has 3 aromatic rings. The third-order valence-corrected chi connectivity index (χ3v) is 4.48. The van der Waals surface area contributed by atoms with Gasteiger partial charge in [-0.1, -0.05) is 17.4 Å². The van der Waals surface area contributed by atoms with Gasteiger partial charge < -0.3 is 21.7 Å². The van der Waals surface area contributed by atoms with Crippen LogP contribution in [0.25, 0.3) is 0 Å². The van der Waals surface area contributed by atoms with Gasteiger partial charge in [0.05, 0.1) is 12.2 Å². The lowest BCUT2D eigenvalue weighted by atomic mass is 10.1. The fourth-order valence-corrected chi connectivity index (χ4v) is 3.02. The Morgan fingerprint density at radius 3 is 2.89 bits per heavy atom. The van der Waals surface area contributed by atoms with Gasteiger partial charge in [0, 0.05) is 35.9 Å². The van der Waals surface area contributed by atoms with Gasteiger partial charge in [-0.2, -0.15) is 0 Å². The first-order valence-electron chi connectivity index (χ1n) is 8.30. The van der Waals surface area contributed by atoms with Crippen LogP contribution < -0.4 is 21.7 Å². The number of nitrogens with two attached hydrogens (primary N) is 1. The van der Waals surface area contributed by atoms with Gasteiger partial charge in [-0.3, -0.25) is 4.79 Å². The predicted molar refractivity (Wildman–Crippen MR) is 105 cm³/mol. The Morgan fingerprint density at radius 1 is 1.22 bits per heavy atom. The lowest BCUT2D eigenvalue weighted by molar-refractivity contribution is 0.0954. The molecule has 0 unspecified atom stereocenters. The van der Waals surface area contributed by atoms with Crippen LogP contribution in [0.1, 0.15) is 15.2 Å². The molecule has 140 valence electrons. The molecule has 1 aromatic carbocycles. The molecule has 0 aliphatic carbocycles. The van der Waals surface area contributed by atoms with E-state index in [0.29, 0.717) is 36.1 Å². The maximum atomic E-state index is 14.0. The predicted octanol–water partition coefficient (Wildman–Crippen LogP) is 2.72. The minimum atomic E-state index is -0.429. The zero-order chi connectivity index (χ0) is 19.1. The summed E-state index contributed by atoms with van der Waals surface area (Å²) in [4.78, 5) is 21.4. The molecule has 5 N–H and O–H groups in total. The number of hydrogen-bond donors (Lipinski definition) is 4. The van der Waals surface area contributed by atoms with Gasteiger partial charge in [0.1, 0.15) is 11.6 Å². The normalized spacial score (nSPS) is 10.4. The fraction of sp³-hybridized carbons (Fsp3) is 0.167. The summed E-state index contributed by atoms with van der Waals surface area (Å²) in [7, 11) is 0. The number of anilines is 3. The summed E-state index contributed by atoms with van der Waals surface area (Å²) in [6, 6.07) is 9.74. The molecule has 7 nitrogen and oxygen atoms in total. The number of nitrogens with one attached hydrogen (secondary N) is 3. The number of rotatable bonds is 8. The molecule has 9 heteroatoms. The highest BCUT2D eigenvalue weighted by Gasteiger charge is 2.10. The molecular weight excluding hydrogens is 367 g/mol. The first-order chi connectivity index (χ1) is 13.2. The number of benzene rings is 1. The molecule has 27 heavy (non-hydrogen) atoms. The lowest BCUT2D eigenvalue weighted by Gasteiger charge is -2.09. The molecular formula is C18H19FN6OS. The van der Waals surface area contributed by atoms with Gasteiger partial charge in [-0.05, 0) is 30.3 Å². The first-order valence-corrected chi connectivity index (χ1v) is 9.12. The molecule has 0 bridgehead atoms. The van der Waals surface area contributed by atoms with Crippen LogP contribution in [0.5, 0.6) is 0 Å². The van der Waals surface area contributed by atoms with E-state index in [4.69, 9.17) is 5.73 Å². The number of halogens is 1. The van der Waals surface area contributed by atoms with Gasteiger partial charge in [0.25, 0.3) is 5.91 Å². The van der Waals surface area contributed by atoms with Crippen LogP contribution in [0.15, 0.2) is 48.8 Å². The standard InChI is InChI=1S/C18H19FN6OS/c19-14-5-4-12(17(26)22-8-6-20)9-15(14)23-10-13-11-24-18(27-13)25-16-3-1-2-7-21-16/h1-5,7,9,11,23H,6,8,10,20H2,(H,22,26)(H,21,24,25). The molecule has 0 fully saturated rings. The third-order valence-electron chi connectivity index (χ3n) is 3.56. The Labute approximate surface area is 159 Å². The van der Waals surface area contributed by atoms with Crippen molar-refractivity contribution in [1.82, 2.24) is 15.3 Å². The molecule has 0 atom stereocenters. The maximum absolute atomic E-state index is 14.0. The summed E-state index contributed by atoms with van der Waals surface area (Å²) in [6.07, 6.45) is 3.40. The van der Waals surface area contributed by atoms with Crippen molar-refractivity contribution in [3.8, 4) is 0 Å². The minimum absolute atomic E-state index is 0.253. The maximum Gasteiger partial charge on any atom is 0.251 e.